The number of rotatable bonds is 6. The Balaban J connectivity index is 1.64. The van der Waals surface area contributed by atoms with E-state index in [9.17, 15) is 0 Å². The van der Waals surface area contributed by atoms with E-state index in [1.165, 1.54) is 43.2 Å². The van der Waals surface area contributed by atoms with E-state index in [-0.39, 0.29) is 0 Å². The molecule has 0 unspecified atom stereocenters. The van der Waals surface area contributed by atoms with Crippen LogP contribution in [0.15, 0.2) is 48.7 Å². The number of anilines is 3. The largest absolute Gasteiger partial charge is 0.351 e. The summed E-state index contributed by atoms with van der Waals surface area (Å²) in [6, 6.07) is 14.8. The van der Waals surface area contributed by atoms with Gasteiger partial charge in [-0.15, -0.1) is 0 Å². The van der Waals surface area contributed by atoms with Gasteiger partial charge in [-0.3, -0.25) is 4.98 Å². The van der Waals surface area contributed by atoms with Crippen LogP contribution in [0.3, 0.4) is 0 Å². The zero-order chi connectivity index (χ0) is 20.9. The molecule has 5 nitrogen and oxygen atoms in total. The molecule has 4 rings (SSSR count). The number of nitrogens with one attached hydrogen (secondary N) is 2. The maximum atomic E-state index is 4.77. The summed E-state index contributed by atoms with van der Waals surface area (Å²) in [5.41, 5.74) is 5.36. The van der Waals surface area contributed by atoms with Gasteiger partial charge in [0.15, 0.2) is 0 Å². The predicted molar refractivity (Wildman–Crippen MR) is 124 cm³/mol. The van der Waals surface area contributed by atoms with E-state index in [4.69, 9.17) is 9.97 Å². The molecular weight excluding hydrogens is 370 g/mol. The maximum Gasteiger partial charge on any atom is 0.225 e. The molecule has 0 amide bonds. The molecule has 1 aromatic carbocycles. The van der Waals surface area contributed by atoms with Gasteiger partial charge in [0.2, 0.25) is 5.95 Å². The Morgan fingerprint density at radius 3 is 2.47 bits per heavy atom. The standard InChI is InChI=1S/C25H31N5/c1-17(2)21-13-12-20(15-18(21)3)27-24-16-23(22-11-7-8-14-26-22)29-25(30-24)28-19-9-5-4-6-10-19/h7-8,11-17,19H,4-6,9-10H2,1-3H3,(H2,27,28,29,30). The summed E-state index contributed by atoms with van der Waals surface area (Å²) in [5.74, 6) is 1.96. The Labute approximate surface area is 179 Å². The summed E-state index contributed by atoms with van der Waals surface area (Å²) in [7, 11) is 0. The second kappa shape index (κ2) is 9.24. The Morgan fingerprint density at radius 1 is 0.933 bits per heavy atom. The molecule has 1 aliphatic rings. The van der Waals surface area contributed by atoms with Gasteiger partial charge in [-0.05, 0) is 61.1 Å². The van der Waals surface area contributed by atoms with Gasteiger partial charge >= 0.3 is 0 Å². The van der Waals surface area contributed by atoms with Crippen molar-refractivity contribution in [3.63, 3.8) is 0 Å². The van der Waals surface area contributed by atoms with Crippen molar-refractivity contribution in [2.45, 2.75) is 64.8 Å². The molecule has 2 N–H and O–H groups in total. The van der Waals surface area contributed by atoms with Gasteiger partial charge in [0, 0.05) is 24.0 Å². The molecule has 2 aromatic heterocycles. The van der Waals surface area contributed by atoms with Crippen LogP contribution >= 0.6 is 0 Å². The highest BCUT2D eigenvalue weighted by atomic mass is 15.2. The van der Waals surface area contributed by atoms with E-state index in [1.807, 2.05) is 24.3 Å². The minimum absolute atomic E-state index is 0.443. The van der Waals surface area contributed by atoms with Gasteiger partial charge in [-0.25, -0.2) is 4.98 Å². The van der Waals surface area contributed by atoms with Gasteiger partial charge in [0.05, 0.1) is 11.4 Å². The van der Waals surface area contributed by atoms with Crippen molar-refractivity contribution in [3.8, 4) is 11.4 Å². The molecular formula is C25H31N5. The van der Waals surface area contributed by atoms with Gasteiger partial charge < -0.3 is 10.6 Å². The summed E-state index contributed by atoms with van der Waals surface area (Å²) >= 11 is 0. The summed E-state index contributed by atoms with van der Waals surface area (Å²) in [4.78, 5) is 14.0. The first-order valence-corrected chi connectivity index (χ1v) is 11.0. The third-order valence-corrected chi connectivity index (χ3v) is 5.76. The van der Waals surface area contributed by atoms with Crippen LogP contribution in [0.2, 0.25) is 0 Å². The Kier molecular flexibility index (Phi) is 6.26. The average Bonchev–Trinajstić information content (AvgIpc) is 2.75. The molecule has 0 aliphatic heterocycles. The SMILES string of the molecule is Cc1cc(Nc2cc(-c3ccccn3)nc(NC3CCCCC3)n2)ccc1C(C)C. The smallest absolute Gasteiger partial charge is 0.225 e. The lowest BCUT2D eigenvalue weighted by molar-refractivity contribution is 0.461. The van der Waals surface area contributed by atoms with Crippen LogP contribution in [0.4, 0.5) is 17.5 Å². The lowest BCUT2D eigenvalue weighted by Crippen LogP contribution is -2.23. The lowest BCUT2D eigenvalue weighted by Gasteiger charge is -2.23. The molecule has 5 heteroatoms. The third kappa shape index (κ3) is 4.96. The van der Waals surface area contributed by atoms with Crippen LogP contribution in [0.1, 0.15) is 63.0 Å². The predicted octanol–water partition coefficient (Wildman–Crippen LogP) is 6.46. The molecule has 30 heavy (non-hydrogen) atoms. The van der Waals surface area contributed by atoms with Crippen molar-refractivity contribution < 1.29 is 0 Å². The van der Waals surface area contributed by atoms with Crippen molar-refractivity contribution in [3.05, 3.63) is 59.8 Å². The highest BCUT2D eigenvalue weighted by molar-refractivity contribution is 5.66. The molecule has 0 spiro atoms. The van der Waals surface area contributed by atoms with Crippen LogP contribution in [0.25, 0.3) is 11.4 Å². The highest BCUT2D eigenvalue weighted by Gasteiger charge is 2.16. The van der Waals surface area contributed by atoms with Crippen molar-refractivity contribution in [1.82, 2.24) is 15.0 Å². The number of aryl methyl sites for hydroxylation is 1. The van der Waals surface area contributed by atoms with E-state index >= 15 is 0 Å². The van der Waals surface area contributed by atoms with E-state index in [2.05, 4.69) is 54.6 Å². The molecule has 0 saturated heterocycles. The maximum absolute atomic E-state index is 4.77. The number of hydrogen-bond donors (Lipinski definition) is 2. The summed E-state index contributed by atoms with van der Waals surface area (Å²) in [5, 5.41) is 7.04. The first-order valence-electron chi connectivity index (χ1n) is 11.0. The van der Waals surface area contributed by atoms with Crippen molar-refractivity contribution in [2.75, 3.05) is 10.6 Å². The fraction of sp³-hybridized carbons (Fsp3) is 0.400. The average molecular weight is 402 g/mol. The second-order valence-corrected chi connectivity index (χ2v) is 8.51. The molecule has 156 valence electrons. The molecule has 2 heterocycles. The quantitative estimate of drug-likeness (QED) is 0.496. The number of aromatic nitrogens is 3. The zero-order valence-electron chi connectivity index (χ0n) is 18.2. The normalized spacial score (nSPS) is 14.7. The van der Waals surface area contributed by atoms with Crippen LogP contribution in [-0.4, -0.2) is 21.0 Å². The topological polar surface area (TPSA) is 62.7 Å². The molecule has 3 aromatic rings. The molecule has 0 atom stereocenters. The number of pyridine rings is 1. The fourth-order valence-electron chi connectivity index (χ4n) is 4.20. The number of nitrogens with zero attached hydrogens (tertiary/aromatic N) is 3. The Bertz CT molecular complexity index is 978. The van der Waals surface area contributed by atoms with Gasteiger partial charge in [-0.1, -0.05) is 45.2 Å². The van der Waals surface area contributed by atoms with Crippen LogP contribution in [0, 0.1) is 6.92 Å². The summed E-state index contributed by atoms with van der Waals surface area (Å²) in [6.07, 6.45) is 8.01. The van der Waals surface area contributed by atoms with Crippen LogP contribution in [0.5, 0.6) is 0 Å². The first kappa shape index (κ1) is 20.3. The van der Waals surface area contributed by atoms with Gasteiger partial charge in [-0.2, -0.15) is 4.98 Å². The lowest BCUT2D eigenvalue weighted by atomic mass is 9.96. The highest BCUT2D eigenvalue weighted by Crippen LogP contribution is 2.27. The van der Waals surface area contributed by atoms with E-state index in [0.29, 0.717) is 17.9 Å². The monoisotopic (exact) mass is 401 g/mol. The fourth-order valence-corrected chi connectivity index (χ4v) is 4.20. The number of benzene rings is 1. The third-order valence-electron chi connectivity index (χ3n) is 5.76. The molecule has 1 aliphatic carbocycles. The van der Waals surface area contributed by atoms with Crippen molar-refractivity contribution in [1.29, 1.82) is 0 Å². The van der Waals surface area contributed by atoms with Crippen molar-refractivity contribution in [2.24, 2.45) is 0 Å². The number of hydrogen-bond acceptors (Lipinski definition) is 5. The molecule has 0 radical (unpaired) electrons. The first-order chi connectivity index (χ1) is 14.6. The zero-order valence-corrected chi connectivity index (χ0v) is 18.2. The van der Waals surface area contributed by atoms with E-state index in [0.717, 1.165) is 22.9 Å². The molecule has 1 saturated carbocycles. The molecule has 1 fully saturated rings. The van der Waals surface area contributed by atoms with Crippen LogP contribution < -0.4 is 10.6 Å². The van der Waals surface area contributed by atoms with Crippen LogP contribution in [-0.2, 0) is 0 Å². The summed E-state index contributed by atoms with van der Waals surface area (Å²) in [6.45, 7) is 6.61. The Morgan fingerprint density at radius 2 is 1.77 bits per heavy atom. The van der Waals surface area contributed by atoms with E-state index < -0.39 is 0 Å². The Hall–Kier alpha value is -2.95. The van der Waals surface area contributed by atoms with Gasteiger partial charge in [0.25, 0.3) is 0 Å². The molecule has 0 bridgehead atoms. The van der Waals surface area contributed by atoms with Crippen molar-refractivity contribution >= 4 is 17.5 Å². The minimum atomic E-state index is 0.443. The summed E-state index contributed by atoms with van der Waals surface area (Å²) < 4.78 is 0. The van der Waals surface area contributed by atoms with E-state index in [1.54, 1.807) is 6.20 Å². The van der Waals surface area contributed by atoms with Gasteiger partial charge in [0.1, 0.15) is 5.82 Å². The minimum Gasteiger partial charge on any atom is -0.351 e. The second-order valence-electron chi connectivity index (χ2n) is 8.51.